The number of hydrogen-bond donors (Lipinski definition) is 0. The Balaban J connectivity index is 1.71. The average molecular weight is 277 g/mol. The lowest BCUT2D eigenvalue weighted by atomic mass is 10.1. The first-order valence-electron chi connectivity index (χ1n) is 6.23. The van der Waals surface area contributed by atoms with E-state index in [4.69, 9.17) is 9.47 Å². The van der Waals surface area contributed by atoms with Crippen molar-refractivity contribution in [3.05, 3.63) is 0 Å². The molecule has 1 heterocycles. The lowest BCUT2D eigenvalue weighted by Gasteiger charge is -2.22. The average Bonchev–Trinajstić information content (AvgIpc) is 2.67. The summed E-state index contributed by atoms with van der Waals surface area (Å²) in [6.45, 7) is 1.73. The van der Waals surface area contributed by atoms with E-state index in [1.165, 1.54) is 44.9 Å². The molecule has 1 aliphatic carbocycles. The van der Waals surface area contributed by atoms with Crippen molar-refractivity contribution in [3.63, 3.8) is 0 Å². The van der Waals surface area contributed by atoms with Gasteiger partial charge >= 0.3 is 0 Å². The van der Waals surface area contributed by atoms with Crippen LogP contribution >= 0.6 is 15.9 Å². The van der Waals surface area contributed by atoms with Crippen molar-refractivity contribution < 1.29 is 9.47 Å². The van der Waals surface area contributed by atoms with Gasteiger partial charge in [-0.05, 0) is 25.7 Å². The predicted octanol–water partition coefficient (Wildman–Crippen LogP) is 3.28. The van der Waals surface area contributed by atoms with E-state index >= 15 is 0 Å². The molecule has 2 rings (SSSR count). The minimum Gasteiger partial charge on any atom is -0.376 e. The molecule has 15 heavy (non-hydrogen) atoms. The zero-order valence-electron chi connectivity index (χ0n) is 9.29. The van der Waals surface area contributed by atoms with Crippen LogP contribution in [0.2, 0.25) is 0 Å². The third kappa shape index (κ3) is 3.72. The van der Waals surface area contributed by atoms with E-state index in [-0.39, 0.29) is 0 Å². The standard InChI is InChI=1S/C12H21BrO2/c13-11-6-2-1-3-7-12(11)15-9-10-5-4-8-14-10/h10-12H,1-9H2. The van der Waals surface area contributed by atoms with Crippen LogP contribution in [0, 0.1) is 0 Å². The second-order valence-electron chi connectivity index (χ2n) is 4.66. The Hall–Kier alpha value is 0.400. The Bertz CT molecular complexity index is 180. The van der Waals surface area contributed by atoms with Crippen LogP contribution in [0.4, 0.5) is 0 Å². The van der Waals surface area contributed by atoms with E-state index in [1.807, 2.05) is 0 Å². The van der Waals surface area contributed by atoms with Gasteiger partial charge in [0.05, 0.1) is 18.8 Å². The van der Waals surface area contributed by atoms with Crippen LogP contribution < -0.4 is 0 Å². The lowest BCUT2D eigenvalue weighted by molar-refractivity contribution is -0.0222. The molecule has 0 aromatic heterocycles. The topological polar surface area (TPSA) is 18.5 Å². The number of hydrogen-bond acceptors (Lipinski definition) is 2. The molecule has 1 aliphatic heterocycles. The Morgan fingerprint density at radius 3 is 2.73 bits per heavy atom. The van der Waals surface area contributed by atoms with Gasteiger partial charge < -0.3 is 9.47 Å². The highest BCUT2D eigenvalue weighted by Crippen LogP contribution is 2.26. The first-order chi connectivity index (χ1) is 7.36. The molecule has 2 aliphatic rings. The van der Waals surface area contributed by atoms with Gasteiger partial charge in [0.15, 0.2) is 0 Å². The molecule has 0 N–H and O–H groups in total. The molecule has 0 radical (unpaired) electrons. The smallest absolute Gasteiger partial charge is 0.0809 e. The highest BCUT2D eigenvalue weighted by molar-refractivity contribution is 9.09. The second kappa shape index (κ2) is 6.21. The van der Waals surface area contributed by atoms with Crippen molar-refractivity contribution in [2.75, 3.05) is 13.2 Å². The fraction of sp³-hybridized carbons (Fsp3) is 1.00. The van der Waals surface area contributed by atoms with Crippen LogP contribution in [0.5, 0.6) is 0 Å². The minimum absolute atomic E-state index is 0.368. The van der Waals surface area contributed by atoms with E-state index in [0.717, 1.165) is 13.2 Å². The fourth-order valence-corrected chi connectivity index (χ4v) is 3.16. The maximum atomic E-state index is 5.99. The van der Waals surface area contributed by atoms with Crippen molar-refractivity contribution in [2.24, 2.45) is 0 Å². The molecule has 0 aromatic rings. The van der Waals surface area contributed by atoms with Crippen LogP contribution in [0.3, 0.4) is 0 Å². The van der Waals surface area contributed by atoms with Crippen LogP contribution in [0.25, 0.3) is 0 Å². The van der Waals surface area contributed by atoms with Crippen LogP contribution in [0.15, 0.2) is 0 Å². The highest BCUT2D eigenvalue weighted by atomic mass is 79.9. The van der Waals surface area contributed by atoms with Gasteiger partial charge in [-0.2, -0.15) is 0 Å². The van der Waals surface area contributed by atoms with E-state index < -0.39 is 0 Å². The van der Waals surface area contributed by atoms with Crippen LogP contribution in [-0.4, -0.2) is 30.2 Å². The fourth-order valence-electron chi connectivity index (χ4n) is 2.42. The van der Waals surface area contributed by atoms with Gasteiger partial charge in [0.25, 0.3) is 0 Å². The van der Waals surface area contributed by atoms with Gasteiger partial charge in [-0.1, -0.05) is 35.2 Å². The summed E-state index contributed by atoms with van der Waals surface area (Å²) in [5, 5.41) is 0. The summed E-state index contributed by atoms with van der Waals surface area (Å²) in [6.07, 6.45) is 9.66. The van der Waals surface area contributed by atoms with Gasteiger partial charge in [-0.3, -0.25) is 0 Å². The zero-order valence-corrected chi connectivity index (χ0v) is 10.9. The zero-order chi connectivity index (χ0) is 10.5. The van der Waals surface area contributed by atoms with E-state index in [2.05, 4.69) is 15.9 Å². The quantitative estimate of drug-likeness (QED) is 0.582. The molecule has 0 amide bonds. The molecule has 1 saturated heterocycles. The molecule has 2 nitrogen and oxygen atoms in total. The first kappa shape index (κ1) is 11.9. The molecule has 3 unspecified atom stereocenters. The van der Waals surface area contributed by atoms with Gasteiger partial charge in [0.1, 0.15) is 0 Å². The molecule has 0 spiro atoms. The van der Waals surface area contributed by atoms with Gasteiger partial charge in [0, 0.05) is 11.4 Å². The summed E-state index contributed by atoms with van der Waals surface area (Å²) in [6, 6.07) is 0. The highest BCUT2D eigenvalue weighted by Gasteiger charge is 2.24. The molecule has 1 saturated carbocycles. The summed E-state index contributed by atoms with van der Waals surface area (Å²) in [7, 11) is 0. The molecule has 0 aromatic carbocycles. The maximum Gasteiger partial charge on any atom is 0.0809 e. The van der Waals surface area contributed by atoms with Gasteiger partial charge in [0.2, 0.25) is 0 Å². The molecular formula is C12H21BrO2. The second-order valence-corrected chi connectivity index (χ2v) is 5.84. The summed E-state index contributed by atoms with van der Waals surface area (Å²) in [4.78, 5) is 0.557. The summed E-state index contributed by atoms with van der Waals surface area (Å²) in [5.41, 5.74) is 0. The van der Waals surface area contributed by atoms with Crippen molar-refractivity contribution in [2.45, 2.75) is 62.0 Å². The monoisotopic (exact) mass is 276 g/mol. The lowest BCUT2D eigenvalue weighted by Crippen LogP contribution is -2.27. The number of rotatable bonds is 3. The van der Waals surface area contributed by atoms with Crippen molar-refractivity contribution >= 4 is 15.9 Å². The Labute approximate surface area is 101 Å². The summed E-state index contributed by atoms with van der Waals surface area (Å²) >= 11 is 3.75. The van der Waals surface area contributed by atoms with Gasteiger partial charge in [-0.15, -0.1) is 0 Å². The summed E-state index contributed by atoms with van der Waals surface area (Å²) in [5.74, 6) is 0. The Morgan fingerprint density at radius 2 is 1.93 bits per heavy atom. The van der Waals surface area contributed by atoms with Crippen molar-refractivity contribution in [1.29, 1.82) is 0 Å². The van der Waals surface area contributed by atoms with Gasteiger partial charge in [-0.25, -0.2) is 0 Å². The molecular weight excluding hydrogens is 256 g/mol. The Morgan fingerprint density at radius 1 is 1.07 bits per heavy atom. The summed E-state index contributed by atoms with van der Waals surface area (Å²) < 4.78 is 11.6. The first-order valence-corrected chi connectivity index (χ1v) is 7.15. The van der Waals surface area contributed by atoms with Crippen LogP contribution in [0.1, 0.15) is 44.9 Å². The van der Waals surface area contributed by atoms with Crippen molar-refractivity contribution in [1.82, 2.24) is 0 Å². The minimum atomic E-state index is 0.368. The predicted molar refractivity (Wildman–Crippen MR) is 64.5 cm³/mol. The normalized spacial score (nSPS) is 37.8. The Kier molecular flexibility index (Phi) is 4.92. The molecule has 88 valence electrons. The number of halogens is 1. The SMILES string of the molecule is BrC1CCCCCC1OCC1CCCO1. The maximum absolute atomic E-state index is 5.99. The molecule has 3 heteroatoms. The number of alkyl halides is 1. The van der Waals surface area contributed by atoms with E-state index in [0.29, 0.717) is 17.0 Å². The molecule has 0 bridgehead atoms. The third-order valence-corrected chi connectivity index (χ3v) is 4.44. The van der Waals surface area contributed by atoms with E-state index in [9.17, 15) is 0 Å². The third-order valence-electron chi connectivity index (χ3n) is 3.39. The molecule has 2 fully saturated rings. The van der Waals surface area contributed by atoms with Crippen LogP contribution in [-0.2, 0) is 9.47 Å². The van der Waals surface area contributed by atoms with E-state index in [1.54, 1.807) is 0 Å². The largest absolute Gasteiger partial charge is 0.376 e. The van der Waals surface area contributed by atoms with Crippen molar-refractivity contribution in [3.8, 4) is 0 Å². The number of ether oxygens (including phenoxy) is 2. The molecule has 3 atom stereocenters.